The Bertz CT molecular complexity index is 1440. The molecule has 1 aromatic heterocycles. The summed E-state index contributed by atoms with van der Waals surface area (Å²) in [5.41, 5.74) is 2.57. The van der Waals surface area contributed by atoms with Gasteiger partial charge in [-0.25, -0.2) is 4.39 Å². The quantitative estimate of drug-likeness (QED) is 0.211. The minimum absolute atomic E-state index is 0.0570. The van der Waals surface area contributed by atoms with Gasteiger partial charge in [0.15, 0.2) is 0 Å². The molecule has 1 fully saturated rings. The fourth-order valence-electron chi connectivity index (χ4n) is 4.33. The summed E-state index contributed by atoms with van der Waals surface area (Å²) in [6.07, 6.45) is 3.24. The van der Waals surface area contributed by atoms with Crippen molar-refractivity contribution in [2.75, 3.05) is 0 Å². The zero-order chi connectivity index (χ0) is 25.8. The number of amides is 1. The number of likely N-dealkylation sites (tertiary alicyclic amines) is 1. The predicted octanol–water partition coefficient (Wildman–Crippen LogP) is 5.42. The summed E-state index contributed by atoms with van der Waals surface area (Å²) in [5, 5.41) is 11.1. The van der Waals surface area contributed by atoms with Gasteiger partial charge in [0.25, 0.3) is 11.7 Å². The third kappa shape index (κ3) is 5.11. The minimum atomic E-state index is -0.853. The number of Topliss-reactive ketones (excluding diaryl/α,β-unsaturated/α-hetero) is 1. The average Bonchev–Trinajstić information content (AvgIpc) is 3.18. The second-order valence-electron chi connectivity index (χ2n) is 8.64. The van der Waals surface area contributed by atoms with Crippen LogP contribution in [-0.2, 0) is 22.7 Å². The van der Waals surface area contributed by atoms with Gasteiger partial charge in [-0.1, -0.05) is 48.5 Å². The molecule has 0 spiro atoms. The Morgan fingerprint density at radius 2 is 1.59 bits per heavy atom. The molecule has 1 aliphatic heterocycles. The number of halogens is 1. The number of aliphatic hydroxyl groups excluding tert-OH is 1. The van der Waals surface area contributed by atoms with Crippen LogP contribution in [0.3, 0.4) is 0 Å². The van der Waals surface area contributed by atoms with Crippen LogP contribution in [0.4, 0.5) is 4.39 Å². The Balaban J connectivity index is 1.51. The molecule has 0 bridgehead atoms. The lowest BCUT2D eigenvalue weighted by Crippen LogP contribution is -2.29. The van der Waals surface area contributed by atoms with E-state index in [-0.39, 0.29) is 23.4 Å². The van der Waals surface area contributed by atoms with Gasteiger partial charge in [-0.05, 0) is 59.2 Å². The fourth-order valence-corrected chi connectivity index (χ4v) is 4.33. The Morgan fingerprint density at radius 3 is 2.27 bits per heavy atom. The number of aliphatic hydroxyl groups is 1. The number of aromatic nitrogens is 1. The molecular weight excluding hydrogens is 471 g/mol. The number of ketones is 1. The smallest absolute Gasteiger partial charge is 0.295 e. The lowest BCUT2D eigenvalue weighted by Gasteiger charge is -2.25. The Kier molecular flexibility index (Phi) is 6.76. The molecule has 0 radical (unpaired) electrons. The normalized spacial score (nSPS) is 16.7. The van der Waals surface area contributed by atoms with Crippen LogP contribution < -0.4 is 4.74 Å². The first kappa shape index (κ1) is 23.9. The fraction of sp³-hybridized carbons (Fsp3) is 0.100. The molecule has 5 rings (SSSR count). The van der Waals surface area contributed by atoms with E-state index in [2.05, 4.69) is 4.98 Å². The molecular formula is C30H23FN2O4. The number of hydrogen-bond donors (Lipinski definition) is 1. The van der Waals surface area contributed by atoms with Crippen molar-refractivity contribution in [1.82, 2.24) is 9.88 Å². The molecule has 6 nitrogen and oxygen atoms in total. The molecule has 0 aliphatic carbocycles. The molecule has 1 saturated heterocycles. The summed E-state index contributed by atoms with van der Waals surface area (Å²) >= 11 is 0. The molecule has 4 aromatic rings. The first-order chi connectivity index (χ1) is 18.0. The van der Waals surface area contributed by atoms with Gasteiger partial charge in [0.2, 0.25) is 0 Å². The lowest BCUT2D eigenvalue weighted by atomic mass is 9.95. The molecule has 1 amide bonds. The van der Waals surface area contributed by atoms with Crippen molar-refractivity contribution >= 4 is 17.4 Å². The van der Waals surface area contributed by atoms with E-state index >= 15 is 0 Å². The molecule has 1 N–H and O–H groups in total. The van der Waals surface area contributed by atoms with Crippen molar-refractivity contribution in [3.8, 4) is 5.75 Å². The van der Waals surface area contributed by atoms with Crippen molar-refractivity contribution in [1.29, 1.82) is 0 Å². The van der Waals surface area contributed by atoms with E-state index in [9.17, 15) is 19.1 Å². The maximum atomic E-state index is 13.5. The van der Waals surface area contributed by atoms with E-state index in [4.69, 9.17) is 4.74 Å². The van der Waals surface area contributed by atoms with Gasteiger partial charge in [-0.3, -0.25) is 14.6 Å². The first-order valence-electron chi connectivity index (χ1n) is 11.7. The van der Waals surface area contributed by atoms with Gasteiger partial charge in [0, 0.05) is 24.5 Å². The number of benzene rings is 3. The highest BCUT2D eigenvalue weighted by atomic mass is 19.1. The third-order valence-electron chi connectivity index (χ3n) is 6.18. The highest BCUT2D eigenvalue weighted by Gasteiger charge is 2.46. The van der Waals surface area contributed by atoms with Crippen molar-refractivity contribution in [3.63, 3.8) is 0 Å². The number of ether oxygens (including phenoxy) is 1. The van der Waals surface area contributed by atoms with Crippen molar-refractivity contribution in [3.05, 3.63) is 137 Å². The van der Waals surface area contributed by atoms with E-state index < -0.39 is 23.5 Å². The van der Waals surface area contributed by atoms with Crippen LogP contribution in [0.5, 0.6) is 5.75 Å². The van der Waals surface area contributed by atoms with Gasteiger partial charge >= 0.3 is 0 Å². The highest BCUT2D eigenvalue weighted by Crippen LogP contribution is 2.40. The number of pyridine rings is 1. The summed E-state index contributed by atoms with van der Waals surface area (Å²) < 4.78 is 19.4. The van der Waals surface area contributed by atoms with Crippen LogP contribution in [0.2, 0.25) is 0 Å². The highest BCUT2D eigenvalue weighted by molar-refractivity contribution is 6.46. The van der Waals surface area contributed by atoms with Crippen molar-refractivity contribution in [2.24, 2.45) is 0 Å². The molecule has 0 saturated carbocycles. The topological polar surface area (TPSA) is 79.7 Å². The first-order valence-corrected chi connectivity index (χ1v) is 11.7. The lowest BCUT2D eigenvalue weighted by molar-refractivity contribution is -0.140. The van der Waals surface area contributed by atoms with E-state index in [0.29, 0.717) is 17.9 Å². The zero-order valence-electron chi connectivity index (χ0n) is 19.8. The van der Waals surface area contributed by atoms with Gasteiger partial charge in [0.05, 0.1) is 11.6 Å². The molecule has 37 heavy (non-hydrogen) atoms. The number of carbonyl (C=O) groups excluding carboxylic acids is 2. The summed E-state index contributed by atoms with van der Waals surface area (Å²) in [6, 6.07) is 24.6. The Morgan fingerprint density at radius 1 is 0.892 bits per heavy atom. The van der Waals surface area contributed by atoms with Gasteiger partial charge in [-0.15, -0.1) is 0 Å². The summed E-state index contributed by atoms with van der Waals surface area (Å²) in [6.45, 7) is 0.514. The molecule has 1 atom stereocenters. The second kappa shape index (κ2) is 10.5. The maximum Gasteiger partial charge on any atom is 0.295 e. The molecule has 1 unspecified atom stereocenters. The predicted molar refractivity (Wildman–Crippen MR) is 136 cm³/mol. The Hall–Kier alpha value is -4.78. The van der Waals surface area contributed by atoms with Gasteiger partial charge in [-0.2, -0.15) is 0 Å². The largest absolute Gasteiger partial charge is 0.507 e. The molecule has 2 heterocycles. The van der Waals surface area contributed by atoms with Gasteiger partial charge in [0.1, 0.15) is 23.9 Å². The third-order valence-corrected chi connectivity index (χ3v) is 6.18. The standard InChI is InChI=1S/C30H23FN2O4/c31-24-12-8-23(9-13-24)28(34)26-27(33(30(36)29(26)35)18-21-7-4-16-32-17-21)22-10-14-25(15-11-22)37-19-20-5-2-1-3-6-20/h1-17,27,34H,18-19H2/b28-26+. The molecule has 7 heteroatoms. The molecule has 184 valence electrons. The second-order valence-corrected chi connectivity index (χ2v) is 8.64. The number of carbonyl (C=O) groups is 2. The van der Waals surface area contributed by atoms with E-state index in [0.717, 1.165) is 11.1 Å². The minimum Gasteiger partial charge on any atom is -0.507 e. The maximum absolute atomic E-state index is 13.5. The SMILES string of the molecule is O=C1C(=O)N(Cc2cccnc2)C(c2ccc(OCc3ccccc3)cc2)/C1=C(\O)c1ccc(F)cc1. The van der Waals surface area contributed by atoms with E-state index in [1.165, 1.54) is 29.2 Å². The monoisotopic (exact) mass is 494 g/mol. The number of hydrogen-bond acceptors (Lipinski definition) is 5. The van der Waals surface area contributed by atoms with Crippen LogP contribution in [0.1, 0.15) is 28.3 Å². The van der Waals surface area contributed by atoms with Crippen LogP contribution in [-0.4, -0.2) is 26.7 Å². The van der Waals surface area contributed by atoms with Crippen LogP contribution in [0, 0.1) is 5.82 Å². The Labute approximate surface area is 213 Å². The zero-order valence-corrected chi connectivity index (χ0v) is 19.8. The molecule has 3 aromatic carbocycles. The van der Waals surface area contributed by atoms with Crippen molar-refractivity contribution in [2.45, 2.75) is 19.2 Å². The van der Waals surface area contributed by atoms with Crippen molar-refractivity contribution < 1.29 is 23.8 Å². The van der Waals surface area contributed by atoms with Crippen LogP contribution in [0.25, 0.3) is 5.76 Å². The van der Waals surface area contributed by atoms with E-state index in [1.807, 2.05) is 36.4 Å². The summed E-state index contributed by atoms with van der Waals surface area (Å²) in [4.78, 5) is 31.8. The van der Waals surface area contributed by atoms with E-state index in [1.54, 1.807) is 42.7 Å². The summed E-state index contributed by atoms with van der Waals surface area (Å²) in [7, 11) is 0. The number of nitrogens with zero attached hydrogens (tertiary/aromatic N) is 2. The molecule has 1 aliphatic rings. The van der Waals surface area contributed by atoms with Gasteiger partial charge < -0.3 is 14.7 Å². The average molecular weight is 495 g/mol. The summed E-state index contributed by atoms with van der Waals surface area (Å²) in [5.74, 6) is -1.75. The van der Waals surface area contributed by atoms with Crippen LogP contribution >= 0.6 is 0 Å². The van der Waals surface area contributed by atoms with Crippen LogP contribution in [0.15, 0.2) is 109 Å². The number of rotatable bonds is 7.